The average Bonchev–Trinajstić information content (AvgIpc) is 3.38. The topological polar surface area (TPSA) is 27.1 Å². The molecular formula is C35H49ClN2OSi2. The number of hydrogen-bond acceptors (Lipinski definition) is 2. The summed E-state index contributed by atoms with van der Waals surface area (Å²) >= 11 is 6.15. The predicted molar refractivity (Wildman–Crippen MR) is 182 cm³/mol. The third kappa shape index (κ3) is 7.69. The Morgan fingerprint density at radius 1 is 0.659 bits per heavy atom. The zero-order valence-electron chi connectivity index (χ0n) is 26.7. The van der Waals surface area contributed by atoms with Gasteiger partial charge in [-0.2, -0.15) is 11.1 Å². The predicted octanol–water partition coefficient (Wildman–Crippen LogP) is 10.5. The number of halogens is 1. The molecule has 1 aromatic heterocycles. The molecule has 0 saturated heterocycles. The number of nitrogens with zero attached hydrogens (tertiary/aromatic N) is 2. The van der Waals surface area contributed by atoms with Crippen LogP contribution in [-0.2, 0) is 16.6 Å². The van der Waals surface area contributed by atoms with Gasteiger partial charge in [-0.05, 0) is 39.9 Å². The normalized spacial score (nSPS) is 13.0. The minimum Gasteiger partial charge on any atom is -0.411 e. The van der Waals surface area contributed by atoms with Crippen LogP contribution in [0.1, 0.15) is 63.9 Å². The van der Waals surface area contributed by atoms with E-state index in [2.05, 4.69) is 169 Å². The van der Waals surface area contributed by atoms with Crippen molar-refractivity contribution < 1.29 is 4.43 Å². The molecule has 220 valence electrons. The van der Waals surface area contributed by atoms with E-state index in [1.54, 1.807) is 0 Å². The lowest BCUT2D eigenvalue weighted by Crippen LogP contribution is -2.40. The quantitative estimate of drug-likeness (QED) is 0.119. The zero-order chi connectivity index (χ0) is 30.5. The van der Waals surface area contributed by atoms with Crippen molar-refractivity contribution in [1.29, 1.82) is 0 Å². The molecule has 6 heteroatoms. The van der Waals surface area contributed by atoms with Crippen molar-refractivity contribution in [2.45, 2.75) is 90.0 Å². The fourth-order valence-corrected chi connectivity index (χ4v) is 5.02. The highest BCUT2D eigenvalue weighted by Gasteiger charge is 2.39. The second kappa shape index (κ2) is 12.8. The Morgan fingerprint density at radius 3 is 1.34 bits per heavy atom. The summed E-state index contributed by atoms with van der Waals surface area (Å²) in [6.45, 7) is 22.8. The van der Waals surface area contributed by atoms with E-state index in [4.69, 9.17) is 20.5 Å². The number of rotatable bonds is 7. The first-order chi connectivity index (χ1) is 19.0. The number of imidazole rings is 1. The summed E-state index contributed by atoms with van der Waals surface area (Å²) in [7, 11) is -3.25. The maximum atomic E-state index is 6.49. The summed E-state index contributed by atoms with van der Waals surface area (Å²) in [5.41, 5.74) is 3.99. The van der Waals surface area contributed by atoms with Gasteiger partial charge in [0.25, 0.3) is 0 Å². The fourth-order valence-electron chi connectivity index (χ4n) is 4.08. The molecule has 3 nitrogen and oxygen atoms in total. The number of benzene rings is 3. The van der Waals surface area contributed by atoms with Gasteiger partial charge in [0.15, 0.2) is 15.7 Å². The maximum Gasteiger partial charge on any atom is 0.192 e. The van der Waals surface area contributed by atoms with Crippen LogP contribution in [-0.4, -0.2) is 25.3 Å². The molecule has 0 unspecified atom stereocenters. The van der Waals surface area contributed by atoms with Crippen LogP contribution in [0.4, 0.5) is 0 Å². The van der Waals surface area contributed by atoms with Gasteiger partial charge in [-0.15, -0.1) is 0 Å². The van der Waals surface area contributed by atoms with E-state index in [0.717, 1.165) is 5.69 Å². The van der Waals surface area contributed by atoms with E-state index in [1.807, 2.05) is 6.33 Å². The molecule has 0 atom stereocenters. The standard InChI is InChI=1S/C29H34N2OSi.C6H15ClSi/c1-28(2,3)33(4,5)32-22-27-21-31(23-30-27)29(24-15-9-6-10-16-24,25-17-11-7-12-18-25)26-19-13-8-14-20-26;1-6(2,3)8(4,5)7/h6-21,23H,22H2,1-5H3;1-5H3. The van der Waals surface area contributed by atoms with Gasteiger partial charge in [0, 0.05) is 6.20 Å². The Hall–Kier alpha value is -2.45. The lowest BCUT2D eigenvalue weighted by Gasteiger charge is -2.37. The minimum atomic E-state index is -1.87. The largest absolute Gasteiger partial charge is 0.411 e. The van der Waals surface area contributed by atoms with Gasteiger partial charge in [0.1, 0.15) is 5.54 Å². The second-order valence-electron chi connectivity index (χ2n) is 13.9. The summed E-state index contributed by atoms with van der Waals surface area (Å²) in [5.74, 6) is 0. The van der Waals surface area contributed by atoms with E-state index < -0.39 is 21.2 Å². The highest BCUT2D eigenvalue weighted by Crippen LogP contribution is 2.41. The molecule has 0 aliphatic carbocycles. The summed E-state index contributed by atoms with van der Waals surface area (Å²) in [6.07, 6.45) is 4.11. The monoisotopic (exact) mass is 604 g/mol. The smallest absolute Gasteiger partial charge is 0.192 e. The van der Waals surface area contributed by atoms with Gasteiger partial charge >= 0.3 is 0 Å². The van der Waals surface area contributed by atoms with Gasteiger partial charge < -0.3 is 8.99 Å². The summed E-state index contributed by atoms with van der Waals surface area (Å²) in [6, 6.07) is 32.0. The Morgan fingerprint density at radius 2 is 1.02 bits per heavy atom. The highest BCUT2D eigenvalue weighted by molar-refractivity contribution is 7.20. The van der Waals surface area contributed by atoms with Crippen molar-refractivity contribution in [1.82, 2.24) is 9.55 Å². The van der Waals surface area contributed by atoms with Crippen molar-refractivity contribution in [3.05, 3.63) is 126 Å². The molecule has 4 rings (SSSR count). The SMILES string of the molecule is CC(C)(C)[Si](C)(C)Cl.CC(C)(C)[Si](C)(C)OCc1cn(C(c2ccccc2)(c2ccccc2)c2ccccc2)cn1. The van der Waals surface area contributed by atoms with Gasteiger partial charge in [0.05, 0.1) is 18.6 Å². The van der Waals surface area contributed by atoms with Gasteiger partial charge in [-0.25, -0.2) is 4.98 Å². The lowest BCUT2D eigenvalue weighted by molar-refractivity contribution is 0.272. The Labute approximate surface area is 255 Å². The fraction of sp³-hybridized carbons (Fsp3) is 0.400. The van der Waals surface area contributed by atoms with Crippen LogP contribution in [0.25, 0.3) is 0 Å². The molecule has 3 aromatic carbocycles. The first-order valence-corrected chi connectivity index (χ1v) is 21.4. The van der Waals surface area contributed by atoms with Gasteiger partial charge in [-0.1, -0.05) is 146 Å². The first-order valence-electron chi connectivity index (χ1n) is 14.5. The Balaban J connectivity index is 0.000000507. The summed E-state index contributed by atoms with van der Waals surface area (Å²) < 4.78 is 8.73. The molecule has 0 N–H and O–H groups in total. The van der Waals surface area contributed by atoms with Crippen LogP contribution in [0.5, 0.6) is 0 Å². The van der Waals surface area contributed by atoms with Crippen LogP contribution in [0.15, 0.2) is 104 Å². The van der Waals surface area contributed by atoms with E-state index in [-0.39, 0.29) is 5.04 Å². The molecule has 0 fully saturated rings. The zero-order valence-corrected chi connectivity index (χ0v) is 29.5. The molecule has 0 radical (unpaired) electrons. The third-order valence-corrected chi connectivity index (χ3v) is 18.5. The van der Waals surface area contributed by atoms with E-state index >= 15 is 0 Å². The van der Waals surface area contributed by atoms with E-state index in [9.17, 15) is 0 Å². The van der Waals surface area contributed by atoms with Crippen molar-refractivity contribution in [2.75, 3.05) is 0 Å². The average molecular weight is 605 g/mol. The number of hydrogen-bond donors (Lipinski definition) is 0. The third-order valence-electron chi connectivity index (χ3n) is 8.77. The molecule has 1 heterocycles. The van der Waals surface area contributed by atoms with Crippen molar-refractivity contribution in [3.8, 4) is 0 Å². The Bertz CT molecular complexity index is 1240. The van der Waals surface area contributed by atoms with Crippen molar-refractivity contribution in [3.63, 3.8) is 0 Å². The first kappa shape index (κ1) is 33.1. The lowest BCUT2D eigenvalue weighted by atomic mass is 9.77. The molecule has 0 bridgehead atoms. The van der Waals surface area contributed by atoms with Crippen LogP contribution in [0, 0.1) is 0 Å². The molecule has 4 aromatic rings. The summed E-state index contributed by atoms with van der Waals surface area (Å²) in [5, 5.41) is 0.506. The molecule has 0 saturated carbocycles. The van der Waals surface area contributed by atoms with Crippen LogP contribution in [0.2, 0.25) is 36.3 Å². The van der Waals surface area contributed by atoms with Crippen LogP contribution >= 0.6 is 11.1 Å². The van der Waals surface area contributed by atoms with E-state index in [1.165, 1.54) is 16.7 Å². The Kier molecular flexibility index (Phi) is 10.3. The number of aromatic nitrogens is 2. The maximum absolute atomic E-state index is 6.49. The highest BCUT2D eigenvalue weighted by atomic mass is 35.6. The molecule has 0 aliphatic rings. The van der Waals surface area contributed by atoms with Crippen molar-refractivity contribution >= 4 is 26.8 Å². The van der Waals surface area contributed by atoms with Crippen molar-refractivity contribution in [2.24, 2.45) is 0 Å². The molecule has 0 spiro atoms. The molecule has 41 heavy (non-hydrogen) atoms. The van der Waals surface area contributed by atoms with Crippen LogP contribution in [0.3, 0.4) is 0 Å². The van der Waals surface area contributed by atoms with Gasteiger partial charge in [0.2, 0.25) is 0 Å². The van der Waals surface area contributed by atoms with Gasteiger partial charge in [-0.3, -0.25) is 0 Å². The molecular weight excluding hydrogens is 556 g/mol. The summed E-state index contributed by atoms with van der Waals surface area (Å²) in [4.78, 5) is 4.80. The van der Waals surface area contributed by atoms with E-state index in [0.29, 0.717) is 11.6 Å². The second-order valence-corrected chi connectivity index (χ2v) is 25.9. The molecule has 0 aliphatic heterocycles. The minimum absolute atomic E-state index is 0.164. The van der Waals surface area contributed by atoms with Crippen LogP contribution < -0.4 is 0 Å². The molecule has 0 amide bonds.